The lowest BCUT2D eigenvalue weighted by Gasteiger charge is -2.11. The molecule has 0 bridgehead atoms. The first kappa shape index (κ1) is 15.4. The summed E-state index contributed by atoms with van der Waals surface area (Å²) in [5.41, 5.74) is 2.32. The minimum atomic E-state index is 0.608. The summed E-state index contributed by atoms with van der Waals surface area (Å²) in [6.07, 6.45) is 1.14. The van der Waals surface area contributed by atoms with E-state index in [0.717, 1.165) is 30.9 Å². The number of ether oxygens (including phenoxy) is 1. The van der Waals surface area contributed by atoms with Crippen molar-refractivity contribution in [2.24, 2.45) is 0 Å². The third kappa shape index (κ3) is 5.88. The molecule has 0 amide bonds. The maximum Gasteiger partial charge on any atom is 0.119 e. The Balaban J connectivity index is 1.74. The second-order valence-corrected chi connectivity index (χ2v) is 5.38. The summed E-state index contributed by atoms with van der Waals surface area (Å²) in [6, 6.07) is 18.4. The lowest BCUT2D eigenvalue weighted by atomic mass is 10.2. The molecule has 0 aliphatic rings. The molecular weight excluding hydrogens is 260 g/mol. The Bertz CT molecular complexity index is 509. The molecule has 0 aliphatic carbocycles. The van der Waals surface area contributed by atoms with Crippen molar-refractivity contribution < 1.29 is 4.74 Å². The van der Waals surface area contributed by atoms with Gasteiger partial charge in [0.15, 0.2) is 0 Å². The number of rotatable bonds is 8. The zero-order valence-electron chi connectivity index (χ0n) is 12.9. The number of benzene rings is 2. The Morgan fingerprint density at radius 2 is 1.67 bits per heavy atom. The van der Waals surface area contributed by atoms with Gasteiger partial charge in [0.25, 0.3) is 0 Å². The van der Waals surface area contributed by atoms with Gasteiger partial charge in [-0.2, -0.15) is 0 Å². The highest BCUT2D eigenvalue weighted by Gasteiger charge is 1.97. The quantitative estimate of drug-likeness (QED) is 0.749. The van der Waals surface area contributed by atoms with Crippen LogP contribution in [0.2, 0.25) is 0 Å². The average Bonchev–Trinajstić information content (AvgIpc) is 2.51. The first-order chi connectivity index (χ1) is 10.2. The van der Waals surface area contributed by atoms with Gasteiger partial charge in [-0.15, -0.1) is 0 Å². The summed E-state index contributed by atoms with van der Waals surface area (Å²) < 4.78 is 5.77. The molecule has 0 unspecified atom stereocenters. The van der Waals surface area contributed by atoms with Crippen LogP contribution in [0.15, 0.2) is 54.6 Å². The van der Waals surface area contributed by atoms with Crippen molar-refractivity contribution in [2.45, 2.75) is 13.0 Å². The molecule has 1 N–H and O–H groups in total. The summed E-state index contributed by atoms with van der Waals surface area (Å²) >= 11 is 0. The smallest absolute Gasteiger partial charge is 0.119 e. The van der Waals surface area contributed by atoms with Crippen molar-refractivity contribution >= 4 is 5.69 Å². The monoisotopic (exact) mass is 284 g/mol. The predicted octanol–water partition coefficient (Wildman–Crippen LogP) is 3.63. The molecule has 112 valence electrons. The maximum absolute atomic E-state index is 5.77. The van der Waals surface area contributed by atoms with E-state index in [4.69, 9.17) is 4.74 Å². The lowest BCUT2D eigenvalue weighted by Crippen LogP contribution is -2.16. The fourth-order valence-corrected chi connectivity index (χ4v) is 2.04. The molecule has 0 radical (unpaired) electrons. The molecule has 0 aliphatic heterocycles. The Morgan fingerprint density at radius 1 is 0.952 bits per heavy atom. The number of hydrogen-bond acceptors (Lipinski definition) is 3. The summed E-state index contributed by atoms with van der Waals surface area (Å²) in [5, 5.41) is 3.42. The van der Waals surface area contributed by atoms with E-state index in [1.807, 2.05) is 30.3 Å². The van der Waals surface area contributed by atoms with Gasteiger partial charge >= 0.3 is 0 Å². The van der Waals surface area contributed by atoms with Gasteiger partial charge in [-0.1, -0.05) is 30.3 Å². The van der Waals surface area contributed by atoms with Crippen LogP contribution in [0.25, 0.3) is 0 Å². The van der Waals surface area contributed by atoms with E-state index in [1.54, 1.807) is 0 Å². The highest BCUT2D eigenvalue weighted by atomic mass is 16.5. The molecule has 0 aromatic heterocycles. The van der Waals surface area contributed by atoms with Gasteiger partial charge in [0, 0.05) is 12.2 Å². The van der Waals surface area contributed by atoms with Crippen LogP contribution in [0.5, 0.6) is 5.75 Å². The highest BCUT2D eigenvalue weighted by molar-refractivity contribution is 5.46. The SMILES string of the molecule is CN(C)CCCNc1ccc(OCc2ccccc2)cc1. The molecule has 3 heteroatoms. The van der Waals surface area contributed by atoms with Gasteiger partial charge in [0.05, 0.1) is 0 Å². The zero-order valence-corrected chi connectivity index (χ0v) is 12.9. The van der Waals surface area contributed by atoms with E-state index in [-0.39, 0.29) is 0 Å². The van der Waals surface area contributed by atoms with Crippen LogP contribution >= 0.6 is 0 Å². The highest BCUT2D eigenvalue weighted by Crippen LogP contribution is 2.17. The van der Waals surface area contributed by atoms with E-state index >= 15 is 0 Å². The number of nitrogens with zero attached hydrogens (tertiary/aromatic N) is 1. The van der Waals surface area contributed by atoms with Crippen LogP contribution in [-0.2, 0) is 6.61 Å². The average molecular weight is 284 g/mol. The van der Waals surface area contributed by atoms with Gasteiger partial charge < -0.3 is 15.0 Å². The lowest BCUT2D eigenvalue weighted by molar-refractivity contribution is 0.306. The fourth-order valence-electron chi connectivity index (χ4n) is 2.04. The Kier molecular flexibility index (Phi) is 6.10. The third-order valence-corrected chi connectivity index (χ3v) is 3.21. The van der Waals surface area contributed by atoms with Gasteiger partial charge in [0.1, 0.15) is 12.4 Å². The second kappa shape index (κ2) is 8.32. The zero-order chi connectivity index (χ0) is 14.9. The summed E-state index contributed by atoms with van der Waals surface area (Å²) in [4.78, 5) is 2.20. The minimum absolute atomic E-state index is 0.608. The van der Waals surface area contributed by atoms with Gasteiger partial charge in [0.2, 0.25) is 0 Å². The van der Waals surface area contributed by atoms with Gasteiger partial charge in [-0.05, 0) is 56.9 Å². The van der Waals surface area contributed by atoms with Crippen LogP contribution in [0.1, 0.15) is 12.0 Å². The molecule has 0 atom stereocenters. The number of nitrogens with one attached hydrogen (secondary N) is 1. The van der Waals surface area contributed by atoms with Crippen LogP contribution in [-0.4, -0.2) is 32.1 Å². The van der Waals surface area contributed by atoms with Gasteiger partial charge in [-0.3, -0.25) is 0 Å². The van der Waals surface area contributed by atoms with E-state index in [2.05, 4.69) is 48.6 Å². The normalized spacial score (nSPS) is 10.6. The maximum atomic E-state index is 5.77. The second-order valence-electron chi connectivity index (χ2n) is 5.38. The fraction of sp³-hybridized carbons (Fsp3) is 0.333. The van der Waals surface area contributed by atoms with Crippen molar-refractivity contribution in [3.63, 3.8) is 0 Å². The van der Waals surface area contributed by atoms with E-state index < -0.39 is 0 Å². The Morgan fingerprint density at radius 3 is 2.33 bits per heavy atom. The third-order valence-electron chi connectivity index (χ3n) is 3.21. The Hall–Kier alpha value is -2.00. The van der Waals surface area contributed by atoms with Crippen LogP contribution in [0, 0.1) is 0 Å². The van der Waals surface area contributed by atoms with Crippen molar-refractivity contribution in [1.29, 1.82) is 0 Å². The minimum Gasteiger partial charge on any atom is -0.489 e. The predicted molar refractivity (Wildman–Crippen MR) is 88.9 cm³/mol. The van der Waals surface area contributed by atoms with Crippen LogP contribution < -0.4 is 10.1 Å². The summed E-state index contributed by atoms with van der Waals surface area (Å²) in [6.45, 7) is 2.70. The molecule has 0 spiro atoms. The van der Waals surface area contributed by atoms with Crippen molar-refractivity contribution in [2.75, 3.05) is 32.5 Å². The summed E-state index contributed by atoms with van der Waals surface area (Å²) in [5.74, 6) is 0.901. The van der Waals surface area contributed by atoms with Crippen LogP contribution in [0.3, 0.4) is 0 Å². The van der Waals surface area contributed by atoms with Crippen molar-refractivity contribution in [1.82, 2.24) is 4.90 Å². The molecular formula is C18H24N2O. The molecule has 0 saturated heterocycles. The molecule has 2 aromatic rings. The largest absolute Gasteiger partial charge is 0.489 e. The molecule has 0 fully saturated rings. The summed E-state index contributed by atoms with van der Waals surface area (Å²) in [7, 11) is 4.19. The number of anilines is 1. The van der Waals surface area contributed by atoms with Gasteiger partial charge in [-0.25, -0.2) is 0 Å². The molecule has 0 heterocycles. The molecule has 3 nitrogen and oxygen atoms in total. The van der Waals surface area contributed by atoms with Crippen molar-refractivity contribution in [3.05, 3.63) is 60.2 Å². The molecule has 2 rings (SSSR count). The topological polar surface area (TPSA) is 24.5 Å². The first-order valence-electron chi connectivity index (χ1n) is 7.39. The molecule has 21 heavy (non-hydrogen) atoms. The number of hydrogen-bond donors (Lipinski definition) is 1. The molecule has 2 aromatic carbocycles. The van der Waals surface area contributed by atoms with E-state index in [1.165, 1.54) is 5.56 Å². The van der Waals surface area contributed by atoms with Crippen molar-refractivity contribution in [3.8, 4) is 5.75 Å². The molecule has 0 saturated carbocycles. The Labute approximate surface area is 127 Å². The first-order valence-corrected chi connectivity index (χ1v) is 7.39. The van der Waals surface area contributed by atoms with Crippen LogP contribution in [0.4, 0.5) is 5.69 Å². The van der Waals surface area contributed by atoms with E-state index in [0.29, 0.717) is 6.61 Å². The standard InChI is InChI=1S/C18H24N2O/c1-20(2)14-6-13-19-17-9-11-18(12-10-17)21-15-16-7-4-3-5-8-16/h3-5,7-12,19H,6,13-15H2,1-2H3. The van der Waals surface area contributed by atoms with E-state index in [9.17, 15) is 0 Å².